The summed E-state index contributed by atoms with van der Waals surface area (Å²) in [5.74, 6) is 1.22. The van der Waals surface area contributed by atoms with E-state index < -0.39 is 14.8 Å². The number of hydrogen-bond acceptors (Lipinski definition) is 7. The highest BCUT2D eigenvalue weighted by Gasteiger charge is 2.20. The van der Waals surface area contributed by atoms with E-state index >= 15 is 0 Å². The molecule has 25 heavy (non-hydrogen) atoms. The number of nitrogens with one attached hydrogen (secondary N) is 1. The van der Waals surface area contributed by atoms with E-state index in [1.54, 1.807) is 12.1 Å². The third-order valence-corrected chi connectivity index (χ3v) is 5.89. The second-order valence-electron chi connectivity index (χ2n) is 6.10. The molecule has 0 bridgehead atoms. The van der Waals surface area contributed by atoms with Crippen molar-refractivity contribution in [2.45, 2.75) is 6.42 Å². The summed E-state index contributed by atoms with van der Waals surface area (Å²) in [4.78, 5) is 17.0. The van der Waals surface area contributed by atoms with Gasteiger partial charge < -0.3 is 10.2 Å². The molecule has 1 aromatic heterocycles. The van der Waals surface area contributed by atoms with Gasteiger partial charge in [0.1, 0.15) is 5.82 Å². The molecule has 1 N–H and O–H groups in total. The lowest BCUT2D eigenvalue weighted by molar-refractivity contribution is -0.384. The molecule has 0 amide bonds. The summed E-state index contributed by atoms with van der Waals surface area (Å²) in [7, 11) is -2.83. The van der Waals surface area contributed by atoms with Crippen molar-refractivity contribution in [1.82, 2.24) is 9.88 Å². The van der Waals surface area contributed by atoms with Crippen LogP contribution in [0.4, 0.5) is 11.5 Å². The normalized spacial score (nSPS) is 17.4. The van der Waals surface area contributed by atoms with Crippen LogP contribution >= 0.6 is 0 Å². The molecule has 1 fully saturated rings. The average molecular weight is 364 g/mol. The van der Waals surface area contributed by atoms with Crippen LogP contribution in [0, 0.1) is 10.1 Å². The van der Waals surface area contributed by atoms with Crippen molar-refractivity contribution in [1.29, 1.82) is 0 Å². The minimum atomic E-state index is -2.83. The second kappa shape index (κ2) is 7.32. The van der Waals surface area contributed by atoms with Crippen LogP contribution in [0.3, 0.4) is 0 Å². The largest absolute Gasteiger partial charge is 0.370 e. The third-order valence-electron chi connectivity index (χ3n) is 4.28. The molecule has 1 saturated heterocycles. The third kappa shape index (κ3) is 4.64. The second-order valence-corrected chi connectivity index (χ2v) is 8.41. The number of nitrogens with zero attached hydrogens (tertiary/aromatic N) is 3. The summed E-state index contributed by atoms with van der Waals surface area (Å²) in [6.45, 7) is 2.79. The van der Waals surface area contributed by atoms with E-state index in [0.29, 0.717) is 18.6 Å². The Balaban J connectivity index is 1.50. The van der Waals surface area contributed by atoms with Crippen molar-refractivity contribution >= 4 is 32.2 Å². The monoisotopic (exact) mass is 364 g/mol. The van der Waals surface area contributed by atoms with Crippen molar-refractivity contribution in [2.24, 2.45) is 0 Å². The van der Waals surface area contributed by atoms with Gasteiger partial charge in [0.2, 0.25) is 0 Å². The quantitative estimate of drug-likeness (QED) is 0.472. The fraction of sp³-hybridized carbons (Fsp3) is 0.438. The van der Waals surface area contributed by atoms with Crippen LogP contribution in [0.25, 0.3) is 10.9 Å². The van der Waals surface area contributed by atoms with Crippen LogP contribution in [0.5, 0.6) is 0 Å². The molecule has 0 unspecified atom stereocenters. The van der Waals surface area contributed by atoms with Crippen molar-refractivity contribution in [2.75, 3.05) is 43.0 Å². The molecule has 3 rings (SSSR count). The number of nitro benzene ring substituents is 1. The highest BCUT2D eigenvalue weighted by Crippen LogP contribution is 2.21. The van der Waals surface area contributed by atoms with Gasteiger partial charge in [-0.05, 0) is 31.2 Å². The number of hydrogen-bond donors (Lipinski definition) is 1. The summed E-state index contributed by atoms with van der Waals surface area (Å²) >= 11 is 0. The fourth-order valence-corrected chi connectivity index (χ4v) is 4.09. The average Bonchev–Trinajstić information content (AvgIpc) is 2.59. The number of nitro groups is 1. The fourth-order valence-electron chi connectivity index (χ4n) is 2.82. The van der Waals surface area contributed by atoms with Crippen LogP contribution in [0.15, 0.2) is 30.3 Å². The van der Waals surface area contributed by atoms with E-state index in [0.717, 1.165) is 30.7 Å². The number of aromatic nitrogens is 1. The molecular weight excluding hydrogens is 344 g/mol. The summed E-state index contributed by atoms with van der Waals surface area (Å²) in [6, 6.07) is 8.22. The number of benzene rings is 1. The topological polar surface area (TPSA) is 105 Å². The van der Waals surface area contributed by atoms with E-state index in [4.69, 9.17) is 0 Å². The van der Waals surface area contributed by atoms with E-state index in [9.17, 15) is 18.5 Å². The molecule has 0 radical (unpaired) electrons. The molecule has 1 aliphatic heterocycles. The lowest BCUT2D eigenvalue weighted by atomic mass is 10.2. The summed E-state index contributed by atoms with van der Waals surface area (Å²) in [5, 5.41) is 14.8. The van der Waals surface area contributed by atoms with Crippen LogP contribution in [0.2, 0.25) is 0 Å². The molecule has 0 saturated carbocycles. The number of non-ortho nitro benzene ring substituents is 1. The summed E-state index contributed by atoms with van der Waals surface area (Å²) < 4.78 is 22.8. The van der Waals surface area contributed by atoms with Crippen LogP contribution in [-0.4, -0.2) is 60.9 Å². The highest BCUT2D eigenvalue weighted by molar-refractivity contribution is 7.91. The standard InChI is InChI=1S/C16H20N4O4S/c21-20(22)14-3-4-15-13(12-14)2-5-16(18-15)17-6-1-7-19-8-10-25(23,24)11-9-19/h2-5,12H,1,6-11H2,(H,17,18). The maximum atomic E-state index is 11.4. The van der Waals surface area contributed by atoms with Crippen molar-refractivity contribution < 1.29 is 13.3 Å². The zero-order chi connectivity index (χ0) is 17.9. The Labute approximate surface area is 145 Å². The zero-order valence-corrected chi connectivity index (χ0v) is 14.5. The molecular formula is C16H20N4O4S. The Morgan fingerprint density at radius 3 is 2.68 bits per heavy atom. The number of anilines is 1. The molecule has 2 heterocycles. The Morgan fingerprint density at radius 1 is 1.20 bits per heavy atom. The van der Waals surface area contributed by atoms with Crippen molar-refractivity contribution in [3.8, 4) is 0 Å². The van der Waals surface area contributed by atoms with Gasteiger partial charge in [-0.15, -0.1) is 0 Å². The molecule has 134 valence electrons. The van der Waals surface area contributed by atoms with Gasteiger partial charge in [0.15, 0.2) is 9.84 Å². The number of fused-ring (bicyclic) bond motifs is 1. The predicted octanol–water partition coefficient (Wildman–Crippen LogP) is 1.68. The van der Waals surface area contributed by atoms with Gasteiger partial charge in [0, 0.05) is 37.2 Å². The van der Waals surface area contributed by atoms with Gasteiger partial charge in [0.05, 0.1) is 21.9 Å². The molecule has 9 heteroatoms. The Kier molecular flexibility index (Phi) is 5.14. The van der Waals surface area contributed by atoms with Gasteiger partial charge in [-0.1, -0.05) is 0 Å². The minimum absolute atomic E-state index is 0.0542. The van der Waals surface area contributed by atoms with Gasteiger partial charge >= 0.3 is 0 Å². The number of rotatable bonds is 6. The first-order valence-corrected chi connectivity index (χ1v) is 9.97. The Bertz CT molecular complexity index is 871. The Morgan fingerprint density at radius 2 is 1.96 bits per heavy atom. The summed E-state index contributed by atoms with van der Waals surface area (Å²) in [6.07, 6.45) is 0.889. The number of sulfone groups is 1. The SMILES string of the molecule is O=[N+]([O-])c1ccc2nc(NCCCN3CCS(=O)(=O)CC3)ccc2c1. The first-order chi connectivity index (χ1) is 11.9. The first-order valence-electron chi connectivity index (χ1n) is 8.15. The Hall–Kier alpha value is -2.26. The lowest BCUT2D eigenvalue weighted by Gasteiger charge is -2.26. The van der Waals surface area contributed by atoms with Crippen molar-refractivity contribution in [3.05, 3.63) is 40.4 Å². The maximum absolute atomic E-state index is 11.4. The van der Waals surface area contributed by atoms with Crippen LogP contribution in [0.1, 0.15) is 6.42 Å². The zero-order valence-electron chi connectivity index (χ0n) is 13.7. The van der Waals surface area contributed by atoms with E-state index in [2.05, 4.69) is 15.2 Å². The molecule has 0 spiro atoms. The maximum Gasteiger partial charge on any atom is 0.270 e. The van der Waals surface area contributed by atoms with Gasteiger partial charge in [-0.3, -0.25) is 10.1 Å². The van der Waals surface area contributed by atoms with Gasteiger partial charge in [-0.25, -0.2) is 13.4 Å². The molecule has 1 aromatic carbocycles. The van der Waals surface area contributed by atoms with Crippen LogP contribution < -0.4 is 5.32 Å². The molecule has 1 aliphatic rings. The van der Waals surface area contributed by atoms with E-state index in [-0.39, 0.29) is 17.2 Å². The molecule has 8 nitrogen and oxygen atoms in total. The first kappa shape index (κ1) is 17.6. The van der Waals surface area contributed by atoms with E-state index in [1.165, 1.54) is 12.1 Å². The van der Waals surface area contributed by atoms with Crippen molar-refractivity contribution in [3.63, 3.8) is 0 Å². The smallest absolute Gasteiger partial charge is 0.270 e. The minimum Gasteiger partial charge on any atom is -0.370 e. The van der Waals surface area contributed by atoms with Gasteiger partial charge in [-0.2, -0.15) is 0 Å². The van der Waals surface area contributed by atoms with Crippen LogP contribution in [-0.2, 0) is 9.84 Å². The summed E-state index contributed by atoms with van der Waals surface area (Å²) in [5.41, 5.74) is 0.760. The lowest BCUT2D eigenvalue weighted by Crippen LogP contribution is -2.41. The highest BCUT2D eigenvalue weighted by atomic mass is 32.2. The van der Waals surface area contributed by atoms with Gasteiger partial charge in [0.25, 0.3) is 5.69 Å². The number of pyridine rings is 1. The molecule has 2 aromatic rings. The predicted molar refractivity (Wildman–Crippen MR) is 96.6 cm³/mol. The molecule has 0 atom stereocenters. The van der Waals surface area contributed by atoms with E-state index in [1.807, 2.05) is 6.07 Å². The molecule has 0 aliphatic carbocycles.